The molecule has 0 spiro atoms. The van der Waals surface area contributed by atoms with E-state index in [-0.39, 0.29) is 36.0 Å². The lowest BCUT2D eigenvalue weighted by atomic mass is 9.99. The van der Waals surface area contributed by atoms with Gasteiger partial charge in [-0.3, -0.25) is 19.0 Å². The Morgan fingerprint density at radius 2 is 1.73 bits per heavy atom. The fraction of sp³-hybridized carbons (Fsp3) is 0.241. The van der Waals surface area contributed by atoms with Gasteiger partial charge in [-0.05, 0) is 41.8 Å². The minimum Gasteiger partial charge on any atom is -0.391 e. The van der Waals surface area contributed by atoms with Gasteiger partial charge in [0.15, 0.2) is 0 Å². The van der Waals surface area contributed by atoms with Gasteiger partial charge in [0.25, 0.3) is 5.56 Å². The maximum Gasteiger partial charge on any atom is 0.261 e. The van der Waals surface area contributed by atoms with Gasteiger partial charge >= 0.3 is 0 Å². The third-order valence-corrected chi connectivity index (χ3v) is 7.21. The zero-order valence-corrected chi connectivity index (χ0v) is 23.2. The summed E-state index contributed by atoms with van der Waals surface area (Å²) in [7, 11) is 0. The van der Waals surface area contributed by atoms with Gasteiger partial charge in [0.05, 0.1) is 39.4 Å². The number of aliphatic hydroxyl groups excluding tert-OH is 1. The summed E-state index contributed by atoms with van der Waals surface area (Å²) >= 11 is 12.1. The van der Waals surface area contributed by atoms with Crippen LogP contribution in [0.15, 0.2) is 77.9 Å². The molecule has 0 unspecified atom stereocenters. The Kier molecular flexibility index (Phi) is 9.54. The van der Waals surface area contributed by atoms with Crippen LogP contribution in [0, 0.1) is 0 Å². The Morgan fingerprint density at radius 1 is 1.02 bits per heavy atom. The standard InChI is InChI=1S/C29H29Cl2N5O4/c1-17(37)27(32)28(39)35-25(20-9-5-8-19(12-20)18-6-3-2-4-7-18)15-33-26(38)10-11-36-16-34-24-14-23(31)22(30)13-21(24)29(36)40/h2-9,12-14,16-17,25,27,37H,10-11,15,32H2,1H3,(H,33,38)(H,35,39)/t17-,25-,27+/m1/s1. The van der Waals surface area contributed by atoms with Crippen LogP contribution in [0.3, 0.4) is 0 Å². The molecule has 0 saturated heterocycles. The van der Waals surface area contributed by atoms with Crippen molar-refractivity contribution in [3.05, 3.63) is 99.0 Å². The number of rotatable bonds is 10. The Bertz CT molecular complexity index is 1580. The molecular weight excluding hydrogens is 553 g/mol. The molecule has 40 heavy (non-hydrogen) atoms. The number of nitrogens with zero attached hydrogens (tertiary/aromatic N) is 2. The predicted octanol–water partition coefficient (Wildman–Crippen LogP) is 3.44. The van der Waals surface area contributed by atoms with E-state index in [1.807, 2.05) is 54.6 Å². The number of amides is 2. The first-order valence-electron chi connectivity index (χ1n) is 12.6. The first kappa shape index (κ1) is 29.2. The van der Waals surface area contributed by atoms with E-state index in [1.165, 1.54) is 30.0 Å². The van der Waals surface area contributed by atoms with Crippen LogP contribution in [0.2, 0.25) is 10.0 Å². The predicted molar refractivity (Wildman–Crippen MR) is 156 cm³/mol. The number of hydrogen-bond donors (Lipinski definition) is 4. The zero-order valence-electron chi connectivity index (χ0n) is 21.7. The lowest BCUT2D eigenvalue weighted by molar-refractivity contribution is -0.126. The van der Waals surface area contributed by atoms with Crippen LogP contribution in [0.4, 0.5) is 0 Å². The maximum atomic E-state index is 12.9. The molecule has 0 aliphatic rings. The summed E-state index contributed by atoms with van der Waals surface area (Å²) in [5.41, 5.74) is 8.59. The van der Waals surface area contributed by atoms with Crippen molar-refractivity contribution in [2.75, 3.05) is 6.54 Å². The number of hydrogen-bond acceptors (Lipinski definition) is 6. The first-order valence-corrected chi connectivity index (χ1v) is 13.4. The van der Waals surface area contributed by atoms with E-state index >= 15 is 0 Å². The first-order chi connectivity index (χ1) is 19.1. The molecule has 5 N–H and O–H groups in total. The van der Waals surface area contributed by atoms with Crippen molar-refractivity contribution in [1.82, 2.24) is 20.2 Å². The Morgan fingerprint density at radius 3 is 2.45 bits per heavy atom. The van der Waals surface area contributed by atoms with Crippen LogP contribution in [0.1, 0.15) is 24.9 Å². The molecule has 1 aromatic heterocycles. The summed E-state index contributed by atoms with van der Waals surface area (Å²) in [6.07, 6.45) is 0.301. The van der Waals surface area contributed by atoms with Crippen LogP contribution in [0.25, 0.3) is 22.0 Å². The molecule has 0 fully saturated rings. The molecule has 9 nitrogen and oxygen atoms in total. The molecule has 0 radical (unpaired) electrons. The van der Waals surface area contributed by atoms with Crippen molar-refractivity contribution in [2.24, 2.45) is 5.73 Å². The van der Waals surface area contributed by atoms with E-state index in [2.05, 4.69) is 15.6 Å². The SMILES string of the molecule is C[C@@H](O)[C@H](N)C(=O)N[C@H](CNC(=O)CCn1cnc2cc(Cl)c(Cl)cc2c1=O)c1cccc(-c2ccccc2)c1. The van der Waals surface area contributed by atoms with Crippen LogP contribution in [-0.2, 0) is 16.1 Å². The molecular formula is C29H29Cl2N5O4. The summed E-state index contributed by atoms with van der Waals surface area (Å²) in [4.78, 5) is 42.6. The fourth-order valence-corrected chi connectivity index (χ4v) is 4.47. The molecule has 2 amide bonds. The molecule has 0 saturated carbocycles. The Hall–Kier alpha value is -3.76. The molecule has 0 aliphatic heterocycles. The summed E-state index contributed by atoms with van der Waals surface area (Å²) in [5, 5.41) is 16.3. The van der Waals surface area contributed by atoms with Gasteiger partial charge < -0.3 is 21.5 Å². The number of aromatic nitrogens is 2. The Balaban J connectivity index is 1.47. The van der Waals surface area contributed by atoms with Gasteiger partial charge in [-0.15, -0.1) is 0 Å². The van der Waals surface area contributed by atoms with Crippen molar-refractivity contribution >= 4 is 45.9 Å². The van der Waals surface area contributed by atoms with Crippen LogP contribution in [-0.4, -0.2) is 45.2 Å². The number of nitrogens with one attached hydrogen (secondary N) is 2. The van der Waals surface area contributed by atoms with Gasteiger partial charge in [-0.1, -0.05) is 71.7 Å². The Labute approximate surface area is 240 Å². The van der Waals surface area contributed by atoms with Crippen LogP contribution < -0.4 is 21.9 Å². The third kappa shape index (κ3) is 7.05. The van der Waals surface area contributed by atoms with E-state index < -0.39 is 24.1 Å². The second kappa shape index (κ2) is 13.1. The second-order valence-corrected chi connectivity index (χ2v) is 10.2. The van der Waals surface area contributed by atoms with Gasteiger partial charge in [0.1, 0.15) is 6.04 Å². The average Bonchev–Trinajstić information content (AvgIpc) is 2.96. The van der Waals surface area contributed by atoms with Gasteiger partial charge in [0.2, 0.25) is 11.8 Å². The summed E-state index contributed by atoms with van der Waals surface area (Å²) in [6, 6.07) is 18.6. The van der Waals surface area contributed by atoms with E-state index in [0.29, 0.717) is 15.9 Å². The van der Waals surface area contributed by atoms with Crippen molar-refractivity contribution in [3.8, 4) is 11.1 Å². The lowest BCUT2D eigenvalue weighted by Crippen LogP contribution is -2.49. The second-order valence-electron chi connectivity index (χ2n) is 9.40. The van der Waals surface area contributed by atoms with E-state index in [4.69, 9.17) is 28.9 Å². The quantitative estimate of drug-likeness (QED) is 0.226. The summed E-state index contributed by atoms with van der Waals surface area (Å²) in [6.45, 7) is 1.58. The topological polar surface area (TPSA) is 139 Å². The molecule has 0 aliphatic carbocycles. The van der Waals surface area contributed by atoms with E-state index in [0.717, 1.165) is 16.7 Å². The molecule has 0 bridgehead atoms. The molecule has 4 rings (SSSR count). The molecule has 3 aromatic carbocycles. The van der Waals surface area contributed by atoms with Crippen molar-refractivity contribution in [1.29, 1.82) is 0 Å². The molecule has 4 aromatic rings. The number of halogens is 2. The summed E-state index contributed by atoms with van der Waals surface area (Å²) in [5.74, 6) is -0.883. The third-order valence-electron chi connectivity index (χ3n) is 6.48. The number of nitrogens with two attached hydrogens (primary N) is 1. The monoisotopic (exact) mass is 581 g/mol. The molecule has 11 heteroatoms. The minimum atomic E-state index is -1.13. The van der Waals surface area contributed by atoms with Gasteiger partial charge in [0, 0.05) is 19.5 Å². The largest absolute Gasteiger partial charge is 0.391 e. The number of aliphatic hydroxyl groups is 1. The van der Waals surface area contributed by atoms with Gasteiger partial charge in [-0.2, -0.15) is 0 Å². The van der Waals surface area contributed by atoms with Crippen molar-refractivity contribution in [2.45, 2.75) is 38.1 Å². The fourth-order valence-electron chi connectivity index (χ4n) is 4.14. The van der Waals surface area contributed by atoms with Crippen LogP contribution >= 0.6 is 23.2 Å². The normalized spacial score (nSPS) is 13.4. The number of fused-ring (bicyclic) bond motifs is 1. The number of carbonyl (C=O) groups is 2. The number of benzene rings is 3. The highest BCUT2D eigenvalue weighted by Crippen LogP contribution is 2.25. The van der Waals surface area contributed by atoms with Crippen molar-refractivity contribution in [3.63, 3.8) is 0 Å². The highest BCUT2D eigenvalue weighted by molar-refractivity contribution is 6.42. The highest BCUT2D eigenvalue weighted by atomic mass is 35.5. The molecule has 3 atom stereocenters. The highest BCUT2D eigenvalue weighted by Gasteiger charge is 2.23. The van der Waals surface area contributed by atoms with E-state index in [9.17, 15) is 19.5 Å². The molecule has 208 valence electrons. The van der Waals surface area contributed by atoms with Crippen molar-refractivity contribution < 1.29 is 14.7 Å². The number of aryl methyl sites for hydroxylation is 1. The lowest BCUT2D eigenvalue weighted by Gasteiger charge is -2.23. The minimum absolute atomic E-state index is 0.00761. The summed E-state index contributed by atoms with van der Waals surface area (Å²) < 4.78 is 1.33. The van der Waals surface area contributed by atoms with E-state index in [1.54, 1.807) is 0 Å². The smallest absolute Gasteiger partial charge is 0.261 e. The molecule has 1 heterocycles. The average molecular weight is 582 g/mol. The van der Waals surface area contributed by atoms with Gasteiger partial charge in [-0.25, -0.2) is 4.98 Å². The van der Waals surface area contributed by atoms with Crippen LogP contribution in [0.5, 0.6) is 0 Å². The zero-order chi connectivity index (χ0) is 28.8. The maximum absolute atomic E-state index is 12.9. The number of carbonyl (C=O) groups excluding carboxylic acids is 2.